The van der Waals surface area contributed by atoms with Gasteiger partial charge in [-0.1, -0.05) is 40.6 Å². The second-order valence-corrected chi connectivity index (χ2v) is 15.5. The maximum absolute atomic E-state index is 14.0. The van der Waals surface area contributed by atoms with E-state index in [1.807, 2.05) is 19.1 Å². The summed E-state index contributed by atoms with van der Waals surface area (Å²) in [5.74, 6) is -0.784. The van der Waals surface area contributed by atoms with Gasteiger partial charge in [0, 0.05) is 31.8 Å². The van der Waals surface area contributed by atoms with Crippen LogP contribution in [0.4, 0.5) is 11.4 Å². The van der Waals surface area contributed by atoms with Gasteiger partial charge in [0.25, 0.3) is 5.91 Å². The topological polar surface area (TPSA) is 118 Å². The van der Waals surface area contributed by atoms with Crippen LogP contribution in [0.25, 0.3) is 0 Å². The number of fused-ring (bicyclic) bond motifs is 9. The van der Waals surface area contributed by atoms with Gasteiger partial charge in [0.2, 0.25) is 11.8 Å². The zero-order chi connectivity index (χ0) is 33.3. The molecule has 7 atom stereocenters. The first-order valence-corrected chi connectivity index (χ1v) is 18.1. The van der Waals surface area contributed by atoms with E-state index in [1.165, 1.54) is 16.2 Å². The number of anilines is 2. The summed E-state index contributed by atoms with van der Waals surface area (Å²) < 4.78 is 11.9. The number of H-pyrrole nitrogens is 1. The van der Waals surface area contributed by atoms with Crippen molar-refractivity contribution in [3.8, 4) is 11.5 Å². The molecule has 1 saturated heterocycles. The molecule has 2 aliphatic heterocycles. The zero-order valence-corrected chi connectivity index (χ0v) is 28.6. The number of benzene rings is 3. The second kappa shape index (κ2) is 12.3. The first-order valence-electron chi connectivity index (χ1n) is 15.7. The Hall–Kier alpha value is -3.77. The molecule has 3 amide bonds. The minimum Gasteiger partial charge on any atom is -0.490 e. The first-order chi connectivity index (χ1) is 23.2. The number of rotatable bonds is 8. The molecule has 3 aromatic carbocycles. The van der Waals surface area contributed by atoms with Crippen molar-refractivity contribution in [1.29, 1.82) is 0 Å². The van der Waals surface area contributed by atoms with Crippen LogP contribution in [0.5, 0.6) is 11.5 Å². The van der Waals surface area contributed by atoms with Gasteiger partial charge < -0.3 is 19.8 Å². The van der Waals surface area contributed by atoms with E-state index in [0.29, 0.717) is 39.5 Å². The molecule has 1 aromatic heterocycles. The molecule has 2 N–H and O–H groups in total. The largest absolute Gasteiger partial charge is 0.490 e. The first kappa shape index (κ1) is 31.5. The number of halogens is 2. The SMILES string of the molecule is CCOc1cc([C@H]2c3sc(=O)[nH]c3SC3C4CC(C5C(=O)N(c6ccc(Cl)cc6)C(=O)C45)C32)ccc1OCC(=O)Nc1ccc(Cl)cc1. The van der Waals surface area contributed by atoms with Gasteiger partial charge in [-0.15, -0.1) is 11.8 Å². The van der Waals surface area contributed by atoms with Gasteiger partial charge in [-0.05, 0) is 97.3 Å². The van der Waals surface area contributed by atoms with E-state index in [0.717, 1.165) is 21.9 Å². The molecule has 6 unspecified atom stereocenters. The fourth-order valence-electron chi connectivity index (χ4n) is 8.21. The molecule has 0 spiro atoms. The molecule has 8 rings (SSSR count). The van der Waals surface area contributed by atoms with Gasteiger partial charge in [0.15, 0.2) is 18.1 Å². The van der Waals surface area contributed by atoms with E-state index in [9.17, 15) is 19.2 Å². The number of aromatic nitrogens is 1. The Balaban J connectivity index is 1.10. The van der Waals surface area contributed by atoms with Crippen molar-refractivity contribution >= 4 is 75.4 Å². The molecule has 3 fully saturated rings. The molecular weight excluding hydrogens is 693 g/mol. The summed E-state index contributed by atoms with van der Waals surface area (Å²) in [6.07, 6.45) is 0.779. The van der Waals surface area contributed by atoms with Gasteiger partial charge in [0.05, 0.1) is 29.2 Å². The monoisotopic (exact) mass is 721 g/mol. The lowest BCUT2D eigenvalue weighted by atomic mass is 9.68. The number of nitrogens with one attached hydrogen (secondary N) is 2. The van der Waals surface area contributed by atoms with E-state index in [2.05, 4.69) is 10.3 Å². The Kier molecular flexibility index (Phi) is 8.06. The van der Waals surface area contributed by atoms with E-state index >= 15 is 0 Å². The van der Waals surface area contributed by atoms with Crippen molar-refractivity contribution < 1.29 is 23.9 Å². The third-order valence-corrected chi connectivity index (χ3v) is 13.0. The molecule has 13 heteroatoms. The zero-order valence-electron chi connectivity index (χ0n) is 25.5. The summed E-state index contributed by atoms with van der Waals surface area (Å²) in [7, 11) is 0. The van der Waals surface area contributed by atoms with E-state index in [4.69, 9.17) is 32.7 Å². The minimum atomic E-state index is -0.423. The maximum Gasteiger partial charge on any atom is 0.305 e. The van der Waals surface area contributed by atoms with Crippen molar-refractivity contribution in [2.24, 2.45) is 29.6 Å². The van der Waals surface area contributed by atoms with Crippen molar-refractivity contribution in [3.05, 3.63) is 96.9 Å². The summed E-state index contributed by atoms with van der Waals surface area (Å²) in [5, 5.41) is 4.76. The van der Waals surface area contributed by atoms with Crippen molar-refractivity contribution in [3.63, 3.8) is 0 Å². The summed E-state index contributed by atoms with van der Waals surface area (Å²) in [6, 6.07) is 19.3. The van der Waals surface area contributed by atoms with Gasteiger partial charge >= 0.3 is 4.87 Å². The molecule has 9 nitrogen and oxygen atoms in total. The average Bonchev–Trinajstić information content (AvgIpc) is 3.81. The van der Waals surface area contributed by atoms with Crippen LogP contribution < -0.4 is 24.6 Å². The lowest BCUT2D eigenvalue weighted by Crippen LogP contribution is -2.42. The average molecular weight is 723 g/mol. The van der Waals surface area contributed by atoms with Crippen LogP contribution in [-0.4, -0.2) is 41.2 Å². The number of imide groups is 1. The highest BCUT2D eigenvalue weighted by molar-refractivity contribution is 8.00. The van der Waals surface area contributed by atoms with Gasteiger partial charge in [-0.3, -0.25) is 24.1 Å². The highest BCUT2D eigenvalue weighted by Crippen LogP contribution is 2.68. The fraction of sp³-hybridized carbons (Fsp3) is 0.314. The third-order valence-electron chi connectivity index (χ3n) is 9.92. The van der Waals surface area contributed by atoms with Gasteiger partial charge in [0.1, 0.15) is 0 Å². The molecule has 4 aromatic rings. The highest BCUT2D eigenvalue weighted by Gasteiger charge is 2.69. The number of thioether (sulfide) groups is 1. The Morgan fingerprint density at radius 2 is 1.60 bits per heavy atom. The summed E-state index contributed by atoms with van der Waals surface area (Å²) >= 11 is 14.9. The normalized spacial score (nSPS) is 26.6. The van der Waals surface area contributed by atoms with Crippen molar-refractivity contribution in [1.82, 2.24) is 4.98 Å². The Bertz CT molecular complexity index is 2000. The summed E-state index contributed by atoms with van der Waals surface area (Å²) in [5.41, 5.74) is 2.07. The molecule has 0 radical (unpaired) electrons. The number of thiazole rings is 1. The van der Waals surface area contributed by atoms with Crippen LogP contribution in [0, 0.1) is 29.6 Å². The van der Waals surface area contributed by atoms with E-state index in [-0.39, 0.29) is 58.1 Å². The van der Waals surface area contributed by atoms with Crippen LogP contribution >= 0.6 is 46.3 Å². The lowest BCUT2D eigenvalue weighted by molar-refractivity contribution is -0.123. The maximum atomic E-state index is 14.0. The smallest absolute Gasteiger partial charge is 0.305 e. The number of amides is 3. The van der Waals surface area contributed by atoms with Crippen LogP contribution in [0.1, 0.15) is 29.7 Å². The quantitative estimate of drug-likeness (QED) is 0.192. The molecule has 4 aliphatic rings. The predicted octanol–water partition coefficient (Wildman–Crippen LogP) is 6.84. The third kappa shape index (κ3) is 5.22. The highest BCUT2D eigenvalue weighted by atomic mass is 35.5. The molecule has 2 saturated carbocycles. The summed E-state index contributed by atoms with van der Waals surface area (Å²) in [6.45, 7) is 2.01. The number of hydrogen-bond acceptors (Lipinski definition) is 8. The van der Waals surface area contributed by atoms with Crippen LogP contribution in [0.3, 0.4) is 0 Å². The molecule has 2 aliphatic carbocycles. The van der Waals surface area contributed by atoms with Crippen LogP contribution in [-0.2, 0) is 14.4 Å². The summed E-state index contributed by atoms with van der Waals surface area (Å²) in [4.78, 5) is 58.4. The number of nitrogens with zero attached hydrogens (tertiary/aromatic N) is 1. The Morgan fingerprint density at radius 1 is 0.917 bits per heavy atom. The molecular formula is C35H29Cl2N3O6S2. The predicted molar refractivity (Wildman–Crippen MR) is 186 cm³/mol. The number of hydrogen-bond donors (Lipinski definition) is 2. The molecule has 48 heavy (non-hydrogen) atoms. The molecule has 3 heterocycles. The van der Waals surface area contributed by atoms with Crippen LogP contribution in [0.2, 0.25) is 10.0 Å². The van der Waals surface area contributed by atoms with Crippen molar-refractivity contribution in [2.75, 3.05) is 23.4 Å². The number of carbonyl (C=O) groups excluding carboxylic acids is 3. The number of carbonyl (C=O) groups is 3. The number of ether oxygens (including phenoxy) is 2. The van der Waals surface area contributed by atoms with Crippen LogP contribution in [0.15, 0.2) is 76.6 Å². The number of aromatic amines is 1. The second-order valence-electron chi connectivity index (χ2n) is 12.4. The molecule has 246 valence electrons. The lowest BCUT2D eigenvalue weighted by Gasteiger charge is -2.43. The molecule has 2 bridgehead atoms. The minimum absolute atomic E-state index is 0.00377. The van der Waals surface area contributed by atoms with Crippen molar-refractivity contribution in [2.45, 2.75) is 29.5 Å². The van der Waals surface area contributed by atoms with Gasteiger partial charge in [-0.25, -0.2) is 0 Å². The van der Waals surface area contributed by atoms with Gasteiger partial charge in [-0.2, -0.15) is 0 Å². The van der Waals surface area contributed by atoms with E-state index < -0.39 is 11.8 Å². The van der Waals surface area contributed by atoms with E-state index in [1.54, 1.807) is 66.4 Å². The Labute approximate surface area is 293 Å². The standard InChI is InChI=1S/C35H29Cl2N3O6S2/c1-2-45-24-13-16(3-12-23(24)46-15-25(41)38-19-8-4-17(36)5-9-19)26-27-21-14-22(30(27)47-32-31(26)48-35(44)39-32)29-28(21)33(42)40(34(29)43)20-10-6-18(37)7-11-20/h3-13,21-22,26-30H,2,14-15H2,1H3,(H,38,41)(H,39,44)/t21?,22?,26-,27?,28?,29?,30?/m1/s1. The fourth-order valence-corrected chi connectivity index (χ4v) is 11.4. The Morgan fingerprint density at radius 3 is 2.31 bits per heavy atom.